The van der Waals surface area contributed by atoms with Crippen LogP contribution in [0.1, 0.15) is 16.8 Å². The molecule has 1 aromatic carbocycles. The van der Waals surface area contributed by atoms with Gasteiger partial charge >= 0.3 is 21.2 Å². The molecule has 2 aromatic rings. The summed E-state index contributed by atoms with van der Waals surface area (Å²) in [5.41, 5.74) is -2.10. The van der Waals surface area contributed by atoms with Crippen LogP contribution in [-0.4, -0.2) is 45.4 Å². The van der Waals surface area contributed by atoms with Gasteiger partial charge in [0.25, 0.3) is 5.08 Å². The van der Waals surface area contributed by atoms with E-state index in [1.807, 2.05) is 0 Å². The van der Waals surface area contributed by atoms with Crippen LogP contribution in [0.25, 0.3) is 10.9 Å². The predicted octanol–water partition coefficient (Wildman–Crippen LogP) is 0.884. The van der Waals surface area contributed by atoms with E-state index in [-0.39, 0.29) is 5.52 Å². The number of aryl methyl sites for hydroxylation is 1. The van der Waals surface area contributed by atoms with Crippen molar-refractivity contribution < 1.29 is 48.1 Å². The minimum absolute atomic E-state index is 0.180. The van der Waals surface area contributed by atoms with E-state index in [1.165, 1.54) is 0 Å². The normalized spacial score (nSPS) is 13.1. The Balaban J connectivity index is 2.70. The number of carboxylic acids is 1. The molecular formula is C13H13ClFNO10P2. The molecule has 0 aliphatic rings. The molecule has 0 fully saturated rings. The molecule has 15 heteroatoms. The molecule has 0 radical (unpaired) electrons. The number of hydrogen-bond acceptors (Lipinski definition) is 5. The van der Waals surface area contributed by atoms with Gasteiger partial charge in [0.1, 0.15) is 11.4 Å². The summed E-state index contributed by atoms with van der Waals surface area (Å²) >= 11 is 5.64. The first-order chi connectivity index (χ1) is 12.6. The number of fused-ring (bicyclic) bond motifs is 1. The van der Waals surface area contributed by atoms with E-state index < -0.39 is 66.4 Å². The monoisotopic (exact) mass is 459 g/mol. The second-order valence-electron chi connectivity index (χ2n) is 5.77. The number of carbonyl (C=O) groups is 1. The SMILES string of the molecule is O=C(O)c1cn(CCC(O)(P(=O)(O)O)P(=O)(O)O)c2cc(Cl)c(F)cc2c1=O. The zero-order valence-electron chi connectivity index (χ0n) is 13.6. The van der Waals surface area contributed by atoms with Crippen molar-refractivity contribution in [1.82, 2.24) is 4.57 Å². The highest BCUT2D eigenvalue weighted by Gasteiger charge is 2.58. The highest BCUT2D eigenvalue weighted by atomic mass is 35.5. The molecule has 0 amide bonds. The summed E-state index contributed by atoms with van der Waals surface area (Å²) in [5, 5.41) is 14.4. The van der Waals surface area contributed by atoms with E-state index in [0.717, 1.165) is 16.8 Å². The smallest absolute Gasteiger partial charge is 0.369 e. The molecule has 6 N–H and O–H groups in total. The highest BCUT2D eigenvalue weighted by molar-refractivity contribution is 7.72. The maximum absolute atomic E-state index is 13.7. The Kier molecular flexibility index (Phi) is 5.93. The van der Waals surface area contributed by atoms with Crippen molar-refractivity contribution in [2.75, 3.05) is 0 Å². The van der Waals surface area contributed by atoms with Gasteiger partial charge in [-0.3, -0.25) is 13.9 Å². The second-order valence-corrected chi connectivity index (χ2v) is 10.2. The van der Waals surface area contributed by atoms with Crippen LogP contribution in [0.15, 0.2) is 23.1 Å². The summed E-state index contributed by atoms with van der Waals surface area (Å²) in [7, 11) is -11.5. The van der Waals surface area contributed by atoms with Gasteiger partial charge in [0.05, 0.1) is 10.5 Å². The lowest BCUT2D eigenvalue weighted by Crippen LogP contribution is -2.30. The van der Waals surface area contributed by atoms with Gasteiger partial charge in [-0.15, -0.1) is 0 Å². The Morgan fingerprint density at radius 3 is 2.18 bits per heavy atom. The van der Waals surface area contributed by atoms with Crippen molar-refractivity contribution in [2.24, 2.45) is 0 Å². The van der Waals surface area contributed by atoms with E-state index in [4.69, 9.17) is 16.7 Å². The number of aromatic carboxylic acids is 1. The summed E-state index contributed by atoms with van der Waals surface area (Å²) in [5.74, 6) is -2.74. The van der Waals surface area contributed by atoms with Gasteiger partial charge in [-0.1, -0.05) is 11.6 Å². The van der Waals surface area contributed by atoms with Gasteiger partial charge in [0.2, 0.25) is 5.43 Å². The molecule has 0 saturated carbocycles. The van der Waals surface area contributed by atoms with E-state index >= 15 is 0 Å². The Hall–Kier alpha value is -1.62. The second kappa shape index (κ2) is 7.33. The zero-order valence-corrected chi connectivity index (χ0v) is 16.1. The number of rotatable bonds is 6. The molecular weight excluding hydrogens is 447 g/mol. The van der Waals surface area contributed by atoms with Crippen LogP contribution >= 0.6 is 26.8 Å². The topological polar surface area (TPSA) is 195 Å². The molecule has 0 atom stereocenters. The van der Waals surface area contributed by atoms with Gasteiger partial charge < -0.3 is 34.4 Å². The lowest BCUT2D eigenvalue weighted by atomic mass is 10.1. The lowest BCUT2D eigenvalue weighted by Gasteiger charge is -2.29. The molecule has 154 valence electrons. The molecule has 0 spiro atoms. The highest BCUT2D eigenvalue weighted by Crippen LogP contribution is 2.69. The number of halogens is 2. The van der Waals surface area contributed by atoms with E-state index in [0.29, 0.717) is 6.07 Å². The summed E-state index contributed by atoms with van der Waals surface area (Å²) in [4.78, 5) is 60.2. The third-order valence-corrected chi connectivity index (χ3v) is 8.14. The first kappa shape index (κ1) is 22.7. The quantitative estimate of drug-likeness (QED) is 0.337. The maximum atomic E-state index is 13.7. The standard InChI is InChI=1S/C13H13ClFNO10P2/c14-8-4-10-6(3-9(8)15)11(17)7(12(18)19)5-16(10)2-1-13(20,27(21,22)23)28(24,25)26/h3-5,20H,1-2H2,(H,18,19)(H2,21,22,23)(H2,24,25,26). The Morgan fingerprint density at radius 2 is 1.71 bits per heavy atom. The molecule has 0 saturated heterocycles. The van der Waals surface area contributed by atoms with Crippen LogP contribution in [-0.2, 0) is 15.7 Å². The average Bonchev–Trinajstić information content (AvgIpc) is 2.53. The Bertz CT molecular complexity index is 1100. The van der Waals surface area contributed by atoms with Crippen LogP contribution in [0.2, 0.25) is 5.02 Å². The molecule has 1 aromatic heterocycles. The summed E-state index contributed by atoms with van der Waals surface area (Å²) in [6.07, 6.45) is -0.505. The Morgan fingerprint density at radius 1 is 1.18 bits per heavy atom. The summed E-state index contributed by atoms with van der Waals surface area (Å²) in [6.45, 7) is -0.758. The van der Waals surface area contributed by atoms with Gasteiger partial charge in [-0.2, -0.15) is 0 Å². The van der Waals surface area contributed by atoms with Crippen molar-refractivity contribution >= 4 is 43.7 Å². The zero-order chi connectivity index (χ0) is 21.7. The van der Waals surface area contributed by atoms with Crippen LogP contribution in [0.5, 0.6) is 0 Å². The molecule has 0 aliphatic carbocycles. The third-order valence-electron chi connectivity index (χ3n) is 3.97. The molecule has 0 aliphatic heterocycles. The molecule has 28 heavy (non-hydrogen) atoms. The van der Waals surface area contributed by atoms with Crippen LogP contribution in [0.4, 0.5) is 4.39 Å². The summed E-state index contributed by atoms with van der Waals surface area (Å²) in [6, 6.07) is 1.58. The van der Waals surface area contributed by atoms with Gasteiger partial charge in [0.15, 0.2) is 0 Å². The van der Waals surface area contributed by atoms with Crippen molar-refractivity contribution in [3.8, 4) is 0 Å². The number of hydrogen-bond donors (Lipinski definition) is 6. The first-order valence-electron chi connectivity index (χ1n) is 7.19. The average molecular weight is 460 g/mol. The number of carboxylic acid groups (broad SMARTS) is 1. The van der Waals surface area contributed by atoms with Crippen molar-refractivity contribution in [2.45, 2.75) is 18.0 Å². The number of benzene rings is 1. The molecule has 1 heterocycles. The number of pyridine rings is 1. The van der Waals surface area contributed by atoms with E-state index in [9.17, 15) is 47.8 Å². The van der Waals surface area contributed by atoms with Crippen molar-refractivity contribution in [1.29, 1.82) is 0 Å². The first-order valence-corrected chi connectivity index (χ1v) is 10.8. The minimum Gasteiger partial charge on any atom is -0.477 e. The van der Waals surface area contributed by atoms with E-state index in [2.05, 4.69) is 0 Å². The fourth-order valence-electron chi connectivity index (χ4n) is 2.45. The van der Waals surface area contributed by atoms with Crippen molar-refractivity contribution in [3.05, 3.63) is 45.0 Å². The molecule has 11 nitrogen and oxygen atoms in total. The fourth-order valence-corrected chi connectivity index (χ4v) is 4.75. The maximum Gasteiger partial charge on any atom is 0.369 e. The van der Waals surface area contributed by atoms with Crippen LogP contribution < -0.4 is 5.43 Å². The van der Waals surface area contributed by atoms with Crippen molar-refractivity contribution in [3.63, 3.8) is 0 Å². The van der Waals surface area contributed by atoms with Crippen LogP contribution in [0.3, 0.4) is 0 Å². The predicted molar refractivity (Wildman–Crippen MR) is 93.8 cm³/mol. The molecule has 0 unspecified atom stereocenters. The lowest BCUT2D eigenvalue weighted by molar-refractivity contribution is 0.0694. The molecule has 0 bridgehead atoms. The number of aliphatic hydroxyl groups is 1. The van der Waals surface area contributed by atoms with E-state index in [1.54, 1.807) is 0 Å². The van der Waals surface area contributed by atoms with Crippen LogP contribution in [0, 0.1) is 5.82 Å². The van der Waals surface area contributed by atoms with Gasteiger partial charge in [0, 0.05) is 24.5 Å². The Labute approximate surface area is 159 Å². The number of aromatic nitrogens is 1. The fraction of sp³-hybridized carbons (Fsp3) is 0.231. The summed E-state index contributed by atoms with van der Waals surface area (Å²) < 4.78 is 37.5. The number of nitrogens with zero attached hydrogens (tertiary/aromatic N) is 1. The third kappa shape index (κ3) is 3.91. The molecule has 2 rings (SSSR count). The van der Waals surface area contributed by atoms with Gasteiger partial charge in [-0.05, 0) is 12.1 Å². The largest absolute Gasteiger partial charge is 0.477 e. The van der Waals surface area contributed by atoms with Gasteiger partial charge in [-0.25, -0.2) is 9.18 Å². The minimum atomic E-state index is -5.75.